The van der Waals surface area contributed by atoms with Crippen LogP contribution in [-0.4, -0.2) is 47.6 Å². The highest BCUT2D eigenvalue weighted by molar-refractivity contribution is 6.30. The van der Waals surface area contributed by atoms with E-state index >= 15 is 4.39 Å². The third kappa shape index (κ3) is 6.27. The molecule has 1 saturated carbocycles. The fraction of sp³-hybridized carbons (Fsp3) is 0.367. The van der Waals surface area contributed by atoms with Gasteiger partial charge in [-0.1, -0.05) is 60.8 Å². The molecule has 3 atom stereocenters. The van der Waals surface area contributed by atoms with Crippen molar-refractivity contribution in [3.8, 4) is 0 Å². The number of rotatable bonds is 9. The molecule has 2 heterocycles. The maximum absolute atomic E-state index is 15.1. The van der Waals surface area contributed by atoms with Crippen LogP contribution in [-0.2, 0) is 15.1 Å². The number of methoxy groups -OCH3 is 1. The first-order valence-electron chi connectivity index (χ1n) is 13.4. The molecule has 40 heavy (non-hydrogen) atoms. The summed E-state index contributed by atoms with van der Waals surface area (Å²) >= 11 is 5.88. The predicted octanol–water partition coefficient (Wildman–Crippen LogP) is 5.53. The number of nitrogens with one attached hydrogen (secondary N) is 2. The second-order valence-corrected chi connectivity index (χ2v) is 11.0. The lowest BCUT2D eigenvalue weighted by Gasteiger charge is -2.32. The van der Waals surface area contributed by atoms with Crippen LogP contribution >= 0.6 is 11.6 Å². The molecule has 10 heteroatoms. The summed E-state index contributed by atoms with van der Waals surface area (Å²) in [6, 6.07) is 16.1. The van der Waals surface area contributed by atoms with Crippen molar-refractivity contribution in [3.63, 3.8) is 0 Å². The van der Waals surface area contributed by atoms with Gasteiger partial charge in [0.05, 0.1) is 22.4 Å². The molecule has 0 radical (unpaired) electrons. The van der Waals surface area contributed by atoms with Crippen molar-refractivity contribution in [2.45, 2.75) is 49.8 Å². The molecule has 4 N–H and O–H groups in total. The van der Waals surface area contributed by atoms with Crippen LogP contribution in [0.25, 0.3) is 0 Å². The standard InChI is InChI=1S/C30H33ClFN5O3/c1-40-23-16-26(37(18-23)29(39)36-27-12-10-22(31)17-34-27)28(38)35-25-15-21(9-11-24(25)32)30(33,14-13-19-7-8-19)20-5-3-2-4-6-20/h2-6,9-12,15,17,19,23,26H,7-8,13-14,16,18,33H2,1H3,(H,35,38)(H,34,36,39). The van der Waals surface area contributed by atoms with Gasteiger partial charge in [0.1, 0.15) is 17.7 Å². The normalized spacial score (nSPS) is 20.1. The first-order chi connectivity index (χ1) is 19.3. The number of anilines is 2. The molecule has 5 rings (SSSR count). The Bertz CT molecular complexity index is 1360. The van der Waals surface area contributed by atoms with Crippen LogP contribution in [0, 0.1) is 11.7 Å². The molecule has 8 nitrogen and oxygen atoms in total. The smallest absolute Gasteiger partial charge is 0.323 e. The summed E-state index contributed by atoms with van der Waals surface area (Å²) in [5.74, 6) is -0.144. The Balaban J connectivity index is 1.37. The van der Waals surface area contributed by atoms with E-state index in [1.54, 1.807) is 24.3 Å². The van der Waals surface area contributed by atoms with E-state index in [-0.39, 0.29) is 24.8 Å². The SMILES string of the molecule is COC1CC(C(=O)Nc2cc(C(N)(CCC3CC3)c3ccccc3)ccc2F)N(C(=O)Nc2ccc(Cl)cn2)C1. The fourth-order valence-electron chi connectivity index (χ4n) is 5.22. The first kappa shape index (κ1) is 28.0. The van der Waals surface area contributed by atoms with Crippen molar-refractivity contribution >= 4 is 35.0 Å². The summed E-state index contributed by atoms with van der Waals surface area (Å²) < 4.78 is 20.5. The molecule has 1 aliphatic heterocycles. The van der Waals surface area contributed by atoms with Crippen LogP contribution in [0.1, 0.15) is 43.2 Å². The molecule has 2 aliphatic rings. The Kier molecular flexibility index (Phi) is 8.35. The van der Waals surface area contributed by atoms with Gasteiger partial charge in [0.25, 0.3) is 0 Å². The molecule has 210 valence electrons. The molecule has 3 unspecified atom stereocenters. The van der Waals surface area contributed by atoms with Gasteiger partial charge in [-0.05, 0) is 54.2 Å². The maximum Gasteiger partial charge on any atom is 0.323 e. The van der Waals surface area contributed by atoms with Crippen LogP contribution in [0.15, 0.2) is 66.9 Å². The lowest BCUT2D eigenvalue weighted by Crippen LogP contribution is -2.45. The van der Waals surface area contributed by atoms with E-state index in [1.807, 2.05) is 30.3 Å². The minimum absolute atomic E-state index is 0.0141. The Morgan fingerprint density at radius 3 is 2.58 bits per heavy atom. The van der Waals surface area contributed by atoms with Gasteiger partial charge < -0.3 is 20.7 Å². The average molecular weight is 566 g/mol. The number of halogens is 2. The topological polar surface area (TPSA) is 110 Å². The number of pyridine rings is 1. The number of amides is 3. The molecule has 3 amide bonds. The number of carbonyl (C=O) groups excluding carboxylic acids is 2. The number of benzene rings is 2. The maximum atomic E-state index is 15.1. The van der Waals surface area contributed by atoms with E-state index in [9.17, 15) is 9.59 Å². The summed E-state index contributed by atoms with van der Waals surface area (Å²) in [7, 11) is 1.52. The third-order valence-electron chi connectivity index (χ3n) is 7.79. The van der Waals surface area contributed by atoms with Crippen molar-refractivity contribution < 1.29 is 18.7 Å². The number of carbonyl (C=O) groups is 2. The van der Waals surface area contributed by atoms with E-state index in [2.05, 4.69) is 15.6 Å². The lowest BCUT2D eigenvalue weighted by atomic mass is 9.79. The van der Waals surface area contributed by atoms with Crippen LogP contribution < -0.4 is 16.4 Å². The highest BCUT2D eigenvalue weighted by atomic mass is 35.5. The molecule has 1 saturated heterocycles. The molecule has 2 aromatic carbocycles. The summed E-state index contributed by atoms with van der Waals surface area (Å²) in [6.07, 6.45) is 5.40. The van der Waals surface area contributed by atoms with Gasteiger partial charge in [0.2, 0.25) is 5.91 Å². The second kappa shape index (κ2) is 11.9. The summed E-state index contributed by atoms with van der Waals surface area (Å²) in [5.41, 5.74) is 7.85. The molecule has 0 bridgehead atoms. The molecule has 3 aromatic rings. The van der Waals surface area contributed by atoms with Gasteiger partial charge in [-0.3, -0.25) is 10.1 Å². The Hall–Kier alpha value is -3.53. The molecule has 1 aromatic heterocycles. The quantitative estimate of drug-likeness (QED) is 0.316. The highest BCUT2D eigenvalue weighted by Gasteiger charge is 2.40. The van der Waals surface area contributed by atoms with Gasteiger partial charge >= 0.3 is 6.03 Å². The zero-order chi connectivity index (χ0) is 28.3. The van der Waals surface area contributed by atoms with Crippen molar-refractivity contribution in [3.05, 3.63) is 88.8 Å². The van der Waals surface area contributed by atoms with Gasteiger partial charge in [0, 0.05) is 26.3 Å². The van der Waals surface area contributed by atoms with Gasteiger partial charge in [-0.2, -0.15) is 0 Å². The Morgan fingerprint density at radius 1 is 1.12 bits per heavy atom. The number of hydrogen-bond donors (Lipinski definition) is 3. The molecule has 1 aliphatic carbocycles. The number of hydrogen-bond acceptors (Lipinski definition) is 5. The Labute approximate surface area is 238 Å². The van der Waals surface area contributed by atoms with Gasteiger partial charge in [-0.25, -0.2) is 14.2 Å². The van der Waals surface area contributed by atoms with E-state index in [0.29, 0.717) is 28.7 Å². The summed E-state index contributed by atoms with van der Waals surface area (Å²) in [4.78, 5) is 32.0. The monoisotopic (exact) mass is 565 g/mol. The van der Waals surface area contributed by atoms with Crippen LogP contribution in [0.2, 0.25) is 5.02 Å². The van der Waals surface area contributed by atoms with E-state index in [4.69, 9.17) is 22.1 Å². The van der Waals surface area contributed by atoms with Gasteiger partial charge in [0.15, 0.2) is 0 Å². The first-order valence-corrected chi connectivity index (χ1v) is 13.8. The van der Waals surface area contributed by atoms with Crippen LogP contribution in [0.4, 0.5) is 20.7 Å². The number of aromatic nitrogens is 1. The number of likely N-dealkylation sites (tertiary alicyclic amines) is 1. The Morgan fingerprint density at radius 2 is 1.90 bits per heavy atom. The van der Waals surface area contributed by atoms with Gasteiger partial charge in [-0.15, -0.1) is 0 Å². The number of nitrogens with two attached hydrogens (primary N) is 1. The molecule has 2 fully saturated rings. The van der Waals surface area contributed by atoms with Crippen molar-refractivity contribution in [1.82, 2.24) is 9.88 Å². The lowest BCUT2D eigenvalue weighted by molar-refractivity contribution is -0.119. The van der Waals surface area contributed by atoms with E-state index in [1.165, 1.54) is 37.1 Å². The molecular weight excluding hydrogens is 533 g/mol. The van der Waals surface area contributed by atoms with Crippen molar-refractivity contribution in [2.24, 2.45) is 11.7 Å². The van der Waals surface area contributed by atoms with Crippen LogP contribution in [0.5, 0.6) is 0 Å². The van der Waals surface area contributed by atoms with Crippen LogP contribution in [0.3, 0.4) is 0 Å². The zero-order valence-corrected chi connectivity index (χ0v) is 23.0. The summed E-state index contributed by atoms with van der Waals surface area (Å²) in [6.45, 7) is 0.192. The molecule has 0 spiro atoms. The average Bonchev–Trinajstić information content (AvgIpc) is 3.70. The minimum atomic E-state index is -0.882. The predicted molar refractivity (Wildman–Crippen MR) is 153 cm³/mol. The highest BCUT2D eigenvalue weighted by Crippen LogP contribution is 2.40. The number of ether oxygens (including phenoxy) is 1. The minimum Gasteiger partial charge on any atom is -0.380 e. The second-order valence-electron chi connectivity index (χ2n) is 10.6. The number of urea groups is 1. The number of nitrogens with zero attached hydrogens (tertiary/aromatic N) is 2. The zero-order valence-electron chi connectivity index (χ0n) is 22.3. The third-order valence-corrected chi connectivity index (χ3v) is 8.02. The van der Waals surface area contributed by atoms with E-state index < -0.39 is 29.3 Å². The van der Waals surface area contributed by atoms with E-state index in [0.717, 1.165) is 12.0 Å². The fourth-order valence-corrected chi connectivity index (χ4v) is 5.33. The van der Waals surface area contributed by atoms with Crippen molar-refractivity contribution in [1.29, 1.82) is 0 Å². The summed E-state index contributed by atoms with van der Waals surface area (Å²) in [5, 5.41) is 5.83. The largest absolute Gasteiger partial charge is 0.380 e. The van der Waals surface area contributed by atoms with Crippen molar-refractivity contribution in [2.75, 3.05) is 24.3 Å². The molecular formula is C30H33ClFN5O3.